The first-order chi connectivity index (χ1) is 13.1. The molecule has 27 heavy (non-hydrogen) atoms. The molecular formula is C20H17N3O2S2. The lowest BCUT2D eigenvalue weighted by atomic mass is 10.0. The van der Waals surface area contributed by atoms with Crippen molar-refractivity contribution in [2.24, 2.45) is 0 Å². The molecule has 0 saturated carbocycles. The molecule has 0 aliphatic carbocycles. The number of aromatic nitrogens is 1. The lowest BCUT2D eigenvalue weighted by molar-refractivity contribution is 0.102. The van der Waals surface area contributed by atoms with Gasteiger partial charge in [0, 0.05) is 0 Å². The molecule has 3 rings (SSSR count). The lowest BCUT2D eigenvalue weighted by Gasteiger charge is -2.08. The number of thioether (sulfide) groups is 1. The lowest BCUT2D eigenvalue weighted by Crippen LogP contribution is -2.12. The van der Waals surface area contributed by atoms with Gasteiger partial charge >= 0.3 is 0 Å². The van der Waals surface area contributed by atoms with Crippen LogP contribution in [0.3, 0.4) is 0 Å². The highest BCUT2D eigenvalue weighted by atomic mass is 32.2. The number of thiazole rings is 1. The average molecular weight is 396 g/mol. The summed E-state index contributed by atoms with van der Waals surface area (Å²) in [7, 11) is 0. The van der Waals surface area contributed by atoms with Crippen molar-refractivity contribution in [2.45, 2.75) is 17.6 Å². The number of aryl methyl sites for hydroxylation is 1. The standard InChI is InChI=1S/C20H17N3O2S2/c1-13-19(26-10-9-21)27-20(22-13)23-18(25)16-12-15(7-8-17(16)24)11-14-5-3-2-4-6-14/h2-8,12,24H,10-11H2,1H3,(H,22,23,25). The Hall–Kier alpha value is -2.82. The SMILES string of the molecule is Cc1nc(NC(=O)c2cc(Cc3ccccc3)ccc2O)sc1SCC#N. The number of hydrogen-bond acceptors (Lipinski definition) is 6. The van der Waals surface area contributed by atoms with Crippen LogP contribution in [0.15, 0.2) is 52.7 Å². The van der Waals surface area contributed by atoms with E-state index in [0.29, 0.717) is 17.3 Å². The van der Waals surface area contributed by atoms with Crippen molar-refractivity contribution in [1.82, 2.24) is 4.98 Å². The number of benzene rings is 2. The minimum absolute atomic E-state index is 0.0725. The number of rotatable bonds is 6. The molecule has 0 unspecified atom stereocenters. The van der Waals surface area contributed by atoms with Crippen molar-refractivity contribution in [3.63, 3.8) is 0 Å². The van der Waals surface area contributed by atoms with E-state index in [1.54, 1.807) is 6.07 Å². The van der Waals surface area contributed by atoms with Crippen molar-refractivity contribution in [1.29, 1.82) is 5.26 Å². The first-order valence-corrected chi connectivity index (χ1v) is 10.0. The smallest absolute Gasteiger partial charge is 0.261 e. The van der Waals surface area contributed by atoms with Crippen LogP contribution in [0.2, 0.25) is 0 Å². The largest absolute Gasteiger partial charge is 0.507 e. The number of phenolic OH excluding ortho intramolecular Hbond substituents is 1. The van der Waals surface area contributed by atoms with Crippen molar-refractivity contribution in [3.05, 3.63) is 70.9 Å². The second-order valence-corrected chi connectivity index (χ2v) is 8.05. The van der Waals surface area contributed by atoms with E-state index >= 15 is 0 Å². The molecule has 3 aromatic rings. The topological polar surface area (TPSA) is 86.0 Å². The summed E-state index contributed by atoms with van der Waals surface area (Å²) in [5.74, 6) is -0.150. The maximum absolute atomic E-state index is 12.6. The maximum Gasteiger partial charge on any atom is 0.261 e. The van der Waals surface area contributed by atoms with E-state index in [-0.39, 0.29) is 11.3 Å². The van der Waals surface area contributed by atoms with E-state index in [9.17, 15) is 9.90 Å². The fourth-order valence-electron chi connectivity index (χ4n) is 2.54. The zero-order valence-corrected chi connectivity index (χ0v) is 16.2. The molecule has 1 heterocycles. The van der Waals surface area contributed by atoms with Gasteiger partial charge in [-0.15, -0.1) is 0 Å². The molecule has 0 spiro atoms. The number of carbonyl (C=O) groups is 1. The van der Waals surface area contributed by atoms with Crippen molar-refractivity contribution >= 4 is 34.1 Å². The predicted octanol–water partition coefficient (Wildman–Crippen LogP) is 4.62. The van der Waals surface area contributed by atoms with Gasteiger partial charge in [0.15, 0.2) is 5.13 Å². The van der Waals surface area contributed by atoms with E-state index in [1.807, 2.05) is 43.3 Å². The predicted molar refractivity (Wildman–Crippen MR) is 108 cm³/mol. The molecule has 0 radical (unpaired) electrons. The molecule has 0 bridgehead atoms. The summed E-state index contributed by atoms with van der Waals surface area (Å²) in [4.78, 5) is 16.9. The third kappa shape index (κ3) is 4.88. The molecule has 136 valence electrons. The third-order valence-corrected chi connectivity index (χ3v) is 6.10. The Morgan fingerprint density at radius 2 is 2.04 bits per heavy atom. The van der Waals surface area contributed by atoms with Crippen LogP contribution in [-0.4, -0.2) is 21.8 Å². The van der Waals surface area contributed by atoms with Gasteiger partial charge in [-0.2, -0.15) is 5.26 Å². The summed E-state index contributed by atoms with van der Waals surface area (Å²) in [5.41, 5.74) is 3.05. The van der Waals surface area contributed by atoms with Crippen molar-refractivity contribution in [3.8, 4) is 11.8 Å². The third-order valence-electron chi connectivity index (χ3n) is 3.80. The van der Waals surface area contributed by atoms with E-state index in [1.165, 1.54) is 29.2 Å². The van der Waals surface area contributed by atoms with Gasteiger partial charge < -0.3 is 5.11 Å². The molecule has 0 fully saturated rings. The van der Waals surface area contributed by atoms with Gasteiger partial charge in [-0.3, -0.25) is 10.1 Å². The van der Waals surface area contributed by atoms with Crippen LogP contribution in [0.25, 0.3) is 0 Å². The Morgan fingerprint density at radius 3 is 2.78 bits per heavy atom. The Kier molecular flexibility index (Phi) is 6.12. The number of nitrogens with zero attached hydrogens (tertiary/aromatic N) is 2. The van der Waals surface area contributed by atoms with Gasteiger partial charge in [-0.05, 0) is 36.6 Å². The zero-order chi connectivity index (χ0) is 19.2. The quantitative estimate of drug-likeness (QED) is 0.595. The van der Waals surface area contributed by atoms with Gasteiger partial charge in [-0.1, -0.05) is 59.5 Å². The van der Waals surface area contributed by atoms with Gasteiger partial charge in [-0.25, -0.2) is 4.98 Å². The average Bonchev–Trinajstić information content (AvgIpc) is 3.01. The maximum atomic E-state index is 12.6. The number of aromatic hydroxyl groups is 1. The molecule has 5 nitrogen and oxygen atoms in total. The van der Waals surface area contributed by atoms with Gasteiger partial charge in [0.1, 0.15) is 5.75 Å². The second-order valence-electron chi connectivity index (χ2n) is 5.81. The van der Waals surface area contributed by atoms with Crippen molar-refractivity contribution in [2.75, 3.05) is 11.1 Å². The van der Waals surface area contributed by atoms with Gasteiger partial charge in [0.2, 0.25) is 0 Å². The monoisotopic (exact) mass is 395 g/mol. The van der Waals surface area contributed by atoms with Crippen molar-refractivity contribution < 1.29 is 9.90 Å². The highest BCUT2D eigenvalue weighted by Gasteiger charge is 2.16. The molecular weight excluding hydrogens is 378 g/mol. The van der Waals surface area contributed by atoms with E-state index in [2.05, 4.69) is 16.4 Å². The van der Waals surface area contributed by atoms with E-state index in [4.69, 9.17) is 5.26 Å². The molecule has 2 aromatic carbocycles. The fourth-order valence-corrected chi connectivity index (χ4v) is 4.33. The normalized spacial score (nSPS) is 10.4. The number of amides is 1. The molecule has 0 aliphatic heterocycles. The molecule has 0 saturated heterocycles. The van der Waals surface area contributed by atoms with E-state index < -0.39 is 5.91 Å². The van der Waals surface area contributed by atoms with Gasteiger partial charge in [0.05, 0.1) is 27.3 Å². The number of phenols is 1. The second kappa shape index (κ2) is 8.71. The summed E-state index contributed by atoms with van der Waals surface area (Å²) in [6, 6.07) is 17.0. The van der Waals surface area contributed by atoms with Gasteiger partial charge in [0.25, 0.3) is 5.91 Å². The fraction of sp³-hybridized carbons (Fsp3) is 0.150. The van der Waals surface area contributed by atoms with Crippen LogP contribution in [0.1, 0.15) is 27.2 Å². The van der Waals surface area contributed by atoms with E-state index in [0.717, 1.165) is 21.0 Å². The first kappa shape index (κ1) is 19.0. The Morgan fingerprint density at radius 1 is 1.26 bits per heavy atom. The molecule has 0 aliphatic rings. The van der Waals surface area contributed by atoms with Crippen LogP contribution in [0.5, 0.6) is 5.75 Å². The highest BCUT2D eigenvalue weighted by Crippen LogP contribution is 2.32. The Bertz CT molecular complexity index is 994. The highest BCUT2D eigenvalue weighted by molar-refractivity contribution is 8.01. The number of carbonyl (C=O) groups excluding carboxylic acids is 1. The molecule has 0 atom stereocenters. The van der Waals surface area contributed by atoms with Crippen LogP contribution in [0, 0.1) is 18.3 Å². The number of hydrogen-bond donors (Lipinski definition) is 2. The molecule has 2 N–H and O–H groups in total. The minimum atomic E-state index is -0.409. The summed E-state index contributed by atoms with van der Waals surface area (Å²) >= 11 is 2.71. The summed E-state index contributed by atoms with van der Waals surface area (Å²) in [6.07, 6.45) is 0.673. The summed E-state index contributed by atoms with van der Waals surface area (Å²) in [6.45, 7) is 1.84. The summed E-state index contributed by atoms with van der Waals surface area (Å²) in [5, 5.41) is 22.0. The number of nitriles is 1. The summed E-state index contributed by atoms with van der Waals surface area (Å²) < 4.78 is 0.897. The number of anilines is 1. The molecule has 1 amide bonds. The molecule has 7 heteroatoms. The minimum Gasteiger partial charge on any atom is -0.507 e. The Balaban J connectivity index is 1.76. The first-order valence-electron chi connectivity index (χ1n) is 8.21. The molecule has 1 aromatic heterocycles. The number of nitrogens with one attached hydrogen (secondary N) is 1. The Labute approximate surface area is 165 Å². The van der Waals surface area contributed by atoms with Crippen LogP contribution in [-0.2, 0) is 6.42 Å². The zero-order valence-electron chi connectivity index (χ0n) is 14.6. The van der Waals surface area contributed by atoms with Crippen LogP contribution >= 0.6 is 23.1 Å². The van der Waals surface area contributed by atoms with Crippen LogP contribution < -0.4 is 5.32 Å². The van der Waals surface area contributed by atoms with Crippen LogP contribution in [0.4, 0.5) is 5.13 Å².